The Labute approximate surface area is 87.3 Å². The van der Waals surface area contributed by atoms with Gasteiger partial charge in [-0.25, -0.2) is 9.78 Å². The van der Waals surface area contributed by atoms with Crippen molar-refractivity contribution < 1.29 is 9.90 Å². The molecule has 1 aliphatic carbocycles. The summed E-state index contributed by atoms with van der Waals surface area (Å²) < 4.78 is 0. The minimum Gasteiger partial charge on any atom is -0.478 e. The second kappa shape index (κ2) is 3.76. The van der Waals surface area contributed by atoms with Crippen LogP contribution in [0.2, 0.25) is 0 Å². The maximum atomic E-state index is 10.9. The van der Waals surface area contributed by atoms with Gasteiger partial charge in [0.2, 0.25) is 0 Å². The molecule has 0 aromatic carbocycles. The molecule has 0 unspecified atom stereocenters. The fraction of sp³-hybridized carbons (Fsp3) is 0.400. The molecule has 0 saturated heterocycles. The number of nitrogen functional groups attached to an aromatic ring is 1. The summed E-state index contributed by atoms with van der Waals surface area (Å²) >= 11 is 0. The molecular formula is C10H13N3O2. The third kappa shape index (κ3) is 2.01. The number of aromatic carboxylic acids is 1. The normalized spacial score (nSPS) is 15.7. The minimum atomic E-state index is -1.00. The van der Waals surface area contributed by atoms with Gasteiger partial charge in [-0.2, -0.15) is 0 Å². The van der Waals surface area contributed by atoms with Crippen molar-refractivity contribution in [2.24, 2.45) is 0 Å². The number of nitrogens with zero attached hydrogens (tertiary/aromatic N) is 1. The third-order valence-corrected chi connectivity index (χ3v) is 2.59. The predicted octanol–water partition coefficient (Wildman–Crippen LogP) is 1.33. The van der Waals surface area contributed by atoms with E-state index in [9.17, 15) is 4.79 Å². The van der Waals surface area contributed by atoms with Crippen molar-refractivity contribution in [3.63, 3.8) is 0 Å². The van der Waals surface area contributed by atoms with E-state index < -0.39 is 5.97 Å². The number of pyridine rings is 1. The highest BCUT2D eigenvalue weighted by atomic mass is 16.4. The Hall–Kier alpha value is -1.78. The molecule has 2 rings (SSSR count). The summed E-state index contributed by atoms with van der Waals surface area (Å²) in [7, 11) is 0. The molecule has 1 aliphatic rings. The number of nitrogens with one attached hydrogen (secondary N) is 1. The molecule has 1 aromatic heterocycles. The van der Waals surface area contributed by atoms with E-state index in [1.54, 1.807) is 0 Å². The number of nitrogens with two attached hydrogens (primary N) is 1. The molecule has 80 valence electrons. The Morgan fingerprint density at radius 3 is 2.87 bits per heavy atom. The number of rotatable bonds is 3. The molecule has 0 atom stereocenters. The zero-order chi connectivity index (χ0) is 10.8. The Bertz CT molecular complexity index is 388. The van der Waals surface area contributed by atoms with Crippen LogP contribution in [0, 0.1) is 0 Å². The Morgan fingerprint density at radius 1 is 1.60 bits per heavy atom. The number of carboxylic acid groups (broad SMARTS) is 1. The van der Waals surface area contributed by atoms with Gasteiger partial charge in [0.15, 0.2) is 0 Å². The second-order valence-electron chi connectivity index (χ2n) is 3.74. The summed E-state index contributed by atoms with van der Waals surface area (Å²) in [5.74, 6) is -0.585. The molecule has 0 radical (unpaired) electrons. The van der Waals surface area contributed by atoms with Crippen LogP contribution in [0.4, 0.5) is 11.5 Å². The number of anilines is 2. The first-order valence-corrected chi connectivity index (χ1v) is 4.92. The molecular weight excluding hydrogens is 194 g/mol. The van der Waals surface area contributed by atoms with E-state index in [1.165, 1.54) is 18.7 Å². The quantitative estimate of drug-likeness (QED) is 0.695. The third-order valence-electron chi connectivity index (χ3n) is 2.59. The van der Waals surface area contributed by atoms with Gasteiger partial charge in [0.1, 0.15) is 11.4 Å². The average Bonchev–Trinajstić information content (AvgIpc) is 2.12. The van der Waals surface area contributed by atoms with Crippen molar-refractivity contribution in [3.8, 4) is 0 Å². The molecule has 0 bridgehead atoms. The highest BCUT2D eigenvalue weighted by Gasteiger charge is 2.20. The SMILES string of the molecule is Nc1cnc(NC2CCC2)c(C(=O)O)c1. The van der Waals surface area contributed by atoms with Crippen LogP contribution in [-0.4, -0.2) is 22.1 Å². The average molecular weight is 207 g/mol. The Kier molecular flexibility index (Phi) is 2.45. The lowest BCUT2D eigenvalue weighted by molar-refractivity contribution is 0.0697. The summed E-state index contributed by atoms with van der Waals surface area (Å²) in [5, 5.41) is 12.1. The van der Waals surface area contributed by atoms with Crippen LogP contribution in [0.3, 0.4) is 0 Å². The van der Waals surface area contributed by atoms with Crippen LogP contribution < -0.4 is 11.1 Å². The van der Waals surface area contributed by atoms with Crippen molar-refractivity contribution in [2.75, 3.05) is 11.1 Å². The van der Waals surface area contributed by atoms with Gasteiger partial charge in [-0.15, -0.1) is 0 Å². The van der Waals surface area contributed by atoms with Gasteiger partial charge in [0.05, 0.1) is 11.9 Å². The van der Waals surface area contributed by atoms with Gasteiger partial charge in [0, 0.05) is 6.04 Å². The van der Waals surface area contributed by atoms with Gasteiger partial charge < -0.3 is 16.2 Å². The summed E-state index contributed by atoms with van der Waals surface area (Å²) in [4.78, 5) is 14.9. The van der Waals surface area contributed by atoms with Crippen LogP contribution in [0.25, 0.3) is 0 Å². The highest BCUT2D eigenvalue weighted by Crippen LogP contribution is 2.24. The largest absolute Gasteiger partial charge is 0.478 e. The van der Waals surface area contributed by atoms with Crippen LogP contribution in [0.15, 0.2) is 12.3 Å². The van der Waals surface area contributed by atoms with Crippen molar-refractivity contribution in [2.45, 2.75) is 25.3 Å². The molecule has 1 heterocycles. The predicted molar refractivity (Wildman–Crippen MR) is 56.9 cm³/mol. The molecule has 15 heavy (non-hydrogen) atoms. The van der Waals surface area contributed by atoms with Crippen LogP contribution in [0.1, 0.15) is 29.6 Å². The topological polar surface area (TPSA) is 88.2 Å². The zero-order valence-corrected chi connectivity index (χ0v) is 8.23. The smallest absolute Gasteiger partial charge is 0.339 e. The Morgan fingerprint density at radius 2 is 2.33 bits per heavy atom. The summed E-state index contributed by atoms with van der Waals surface area (Å²) in [6.45, 7) is 0. The van der Waals surface area contributed by atoms with Crippen molar-refractivity contribution in [1.82, 2.24) is 4.98 Å². The molecule has 4 N–H and O–H groups in total. The number of hydrogen-bond acceptors (Lipinski definition) is 4. The van der Waals surface area contributed by atoms with Crippen molar-refractivity contribution >= 4 is 17.5 Å². The van der Waals surface area contributed by atoms with Crippen LogP contribution in [-0.2, 0) is 0 Å². The second-order valence-corrected chi connectivity index (χ2v) is 3.74. The molecule has 5 nitrogen and oxygen atoms in total. The maximum Gasteiger partial charge on any atom is 0.339 e. The highest BCUT2D eigenvalue weighted by molar-refractivity contribution is 5.94. The molecule has 1 fully saturated rings. The van der Waals surface area contributed by atoms with E-state index in [0.29, 0.717) is 17.5 Å². The van der Waals surface area contributed by atoms with E-state index in [4.69, 9.17) is 10.8 Å². The summed E-state index contributed by atoms with van der Waals surface area (Å²) in [6.07, 6.45) is 4.80. The van der Waals surface area contributed by atoms with E-state index in [2.05, 4.69) is 10.3 Å². The minimum absolute atomic E-state index is 0.141. The molecule has 1 saturated carbocycles. The summed E-state index contributed by atoms with van der Waals surface area (Å²) in [5.41, 5.74) is 6.00. The van der Waals surface area contributed by atoms with E-state index in [-0.39, 0.29) is 5.56 Å². The lowest BCUT2D eigenvalue weighted by atomic mass is 9.93. The Balaban J connectivity index is 2.23. The monoisotopic (exact) mass is 207 g/mol. The van der Waals surface area contributed by atoms with E-state index in [1.807, 2.05) is 0 Å². The number of hydrogen-bond donors (Lipinski definition) is 3. The van der Waals surface area contributed by atoms with Crippen molar-refractivity contribution in [1.29, 1.82) is 0 Å². The first kappa shape index (κ1) is 9.76. The standard InChI is InChI=1S/C10H13N3O2/c11-6-4-8(10(14)15)9(12-5-6)13-7-2-1-3-7/h4-5,7H,1-3,11H2,(H,12,13)(H,14,15). The molecule has 0 amide bonds. The lowest BCUT2D eigenvalue weighted by Crippen LogP contribution is -2.28. The van der Waals surface area contributed by atoms with E-state index >= 15 is 0 Å². The molecule has 0 spiro atoms. The van der Waals surface area contributed by atoms with Gasteiger partial charge in [-0.05, 0) is 25.3 Å². The van der Waals surface area contributed by atoms with Crippen molar-refractivity contribution in [3.05, 3.63) is 17.8 Å². The van der Waals surface area contributed by atoms with Gasteiger partial charge in [-0.3, -0.25) is 0 Å². The molecule has 0 aliphatic heterocycles. The molecule has 1 aromatic rings. The number of carboxylic acids is 1. The van der Waals surface area contributed by atoms with Gasteiger partial charge in [-0.1, -0.05) is 0 Å². The van der Waals surface area contributed by atoms with Crippen LogP contribution in [0.5, 0.6) is 0 Å². The first-order valence-electron chi connectivity index (χ1n) is 4.92. The maximum absolute atomic E-state index is 10.9. The van der Waals surface area contributed by atoms with Gasteiger partial charge >= 0.3 is 5.97 Å². The van der Waals surface area contributed by atoms with Gasteiger partial charge in [0.25, 0.3) is 0 Å². The fourth-order valence-electron chi connectivity index (χ4n) is 1.50. The lowest BCUT2D eigenvalue weighted by Gasteiger charge is -2.27. The summed E-state index contributed by atoms with van der Waals surface area (Å²) in [6, 6.07) is 1.79. The van der Waals surface area contributed by atoms with E-state index in [0.717, 1.165) is 12.8 Å². The molecule has 5 heteroatoms. The fourth-order valence-corrected chi connectivity index (χ4v) is 1.50. The zero-order valence-electron chi connectivity index (χ0n) is 8.23. The number of aromatic nitrogens is 1. The number of carbonyl (C=O) groups is 1. The van der Waals surface area contributed by atoms with Crippen LogP contribution >= 0.6 is 0 Å². The first-order chi connectivity index (χ1) is 7.16.